The van der Waals surface area contributed by atoms with Crippen LogP contribution in [0.5, 0.6) is 0 Å². The molecule has 0 saturated heterocycles. The van der Waals surface area contributed by atoms with Gasteiger partial charge in [-0.05, 0) is 18.9 Å². The van der Waals surface area contributed by atoms with Crippen LogP contribution in [0.25, 0.3) is 0 Å². The normalized spacial score (nSPS) is 11.5. The Bertz CT molecular complexity index is 695. The summed E-state index contributed by atoms with van der Waals surface area (Å²) >= 11 is 0. The van der Waals surface area contributed by atoms with Crippen LogP contribution in [0.15, 0.2) is 49.3 Å². The Morgan fingerprint density at radius 3 is 2.79 bits per heavy atom. The molecule has 6 heteroatoms. The fraction of sp³-hybridized carbons (Fsp3) is 0.278. The maximum atomic E-state index is 12.5. The number of carbonyl (C=O) groups excluding carboxylic acids is 2. The second-order valence-electron chi connectivity index (χ2n) is 5.16. The standard InChI is InChI=1S/C18H21N3O3/c1-3-8-14(13-9-6-5-7-10-13)17(22)19-11-15-16(21-12-20-15)18(23)24-4-2/h3,5-7,9-10,12,14H,1,4,8,11H2,2H3,(H,19,22)(H,20,21). The lowest BCUT2D eigenvalue weighted by Gasteiger charge is -2.15. The topological polar surface area (TPSA) is 84.1 Å². The second-order valence-corrected chi connectivity index (χ2v) is 5.16. The molecule has 2 N–H and O–H groups in total. The van der Waals surface area contributed by atoms with E-state index < -0.39 is 5.97 Å². The van der Waals surface area contributed by atoms with E-state index in [9.17, 15) is 9.59 Å². The predicted octanol–water partition coefficient (Wildman–Crippen LogP) is 2.56. The van der Waals surface area contributed by atoms with E-state index in [1.807, 2.05) is 30.3 Å². The van der Waals surface area contributed by atoms with Gasteiger partial charge >= 0.3 is 5.97 Å². The van der Waals surface area contributed by atoms with Gasteiger partial charge in [0.1, 0.15) is 0 Å². The van der Waals surface area contributed by atoms with Crippen LogP contribution in [-0.4, -0.2) is 28.5 Å². The molecule has 0 aliphatic heterocycles. The van der Waals surface area contributed by atoms with Gasteiger partial charge in [0, 0.05) is 0 Å². The average molecular weight is 327 g/mol. The lowest BCUT2D eigenvalue weighted by atomic mass is 9.95. The van der Waals surface area contributed by atoms with Crippen molar-refractivity contribution in [2.45, 2.75) is 25.8 Å². The Kier molecular flexibility index (Phi) is 6.31. The van der Waals surface area contributed by atoms with Crippen molar-refractivity contribution >= 4 is 11.9 Å². The molecule has 0 bridgehead atoms. The Morgan fingerprint density at radius 1 is 1.38 bits per heavy atom. The summed E-state index contributed by atoms with van der Waals surface area (Å²) in [5, 5.41) is 2.84. The molecule has 0 spiro atoms. The minimum absolute atomic E-state index is 0.134. The predicted molar refractivity (Wildman–Crippen MR) is 90.4 cm³/mol. The van der Waals surface area contributed by atoms with Gasteiger partial charge in [0.05, 0.1) is 31.1 Å². The zero-order chi connectivity index (χ0) is 17.4. The van der Waals surface area contributed by atoms with Gasteiger partial charge in [-0.2, -0.15) is 0 Å². The molecule has 0 radical (unpaired) electrons. The van der Waals surface area contributed by atoms with Gasteiger partial charge in [0.15, 0.2) is 5.69 Å². The Morgan fingerprint density at radius 2 is 2.12 bits per heavy atom. The summed E-state index contributed by atoms with van der Waals surface area (Å²) in [6.07, 6.45) is 3.66. The molecule has 0 aliphatic carbocycles. The van der Waals surface area contributed by atoms with Gasteiger partial charge in [0.2, 0.25) is 5.91 Å². The number of hydrogen-bond acceptors (Lipinski definition) is 4. The molecular weight excluding hydrogens is 306 g/mol. The minimum atomic E-state index is -0.506. The van der Waals surface area contributed by atoms with Crippen LogP contribution in [0.1, 0.15) is 41.0 Å². The quantitative estimate of drug-likeness (QED) is 0.576. The van der Waals surface area contributed by atoms with Gasteiger partial charge in [-0.25, -0.2) is 9.78 Å². The highest BCUT2D eigenvalue weighted by Crippen LogP contribution is 2.20. The smallest absolute Gasteiger partial charge is 0.358 e. The number of aromatic amines is 1. The number of aromatic nitrogens is 2. The van der Waals surface area contributed by atoms with Gasteiger partial charge in [-0.1, -0.05) is 36.4 Å². The highest BCUT2D eigenvalue weighted by Gasteiger charge is 2.21. The van der Waals surface area contributed by atoms with E-state index in [-0.39, 0.29) is 30.7 Å². The molecule has 2 rings (SSSR count). The van der Waals surface area contributed by atoms with E-state index in [1.165, 1.54) is 6.33 Å². The van der Waals surface area contributed by atoms with E-state index in [0.29, 0.717) is 12.1 Å². The largest absolute Gasteiger partial charge is 0.461 e. The number of amides is 1. The third-order valence-electron chi connectivity index (χ3n) is 3.55. The van der Waals surface area contributed by atoms with E-state index >= 15 is 0 Å². The molecule has 0 aliphatic rings. The molecular formula is C18H21N3O3. The second kappa shape index (κ2) is 8.67. The van der Waals surface area contributed by atoms with Crippen molar-refractivity contribution in [1.29, 1.82) is 0 Å². The lowest BCUT2D eigenvalue weighted by molar-refractivity contribution is -0.122. The van der Waals surface area contributed by atoms with Crippen molar-refractivity contribution < 1.29 is 14.3 Å². The van der Waals surface area contributed by atoms with Crippen molar-refractivity contribution in [3.8, 4) is 0 Å². The number of allylic oxidation sites excluding steroid dienone is 1. The number of nitrogens with zero attached hydrogens (tertiary/aromatic N) is 1. The van der Waals surface area contributed by atoms with E-state index in [1.54, 1.807) is 13.0 Å². The zero-order valence-corrected chi connectivity index (χ0v) is 13.6. The molecule has 24 heavy (non-hydrogen) atoms. The van der Waals surface area contributed by atoms with Crippen LogP contribution < -0.4 is 5.32 Å². The first-order valence-corrected chi connectivity index (χ1v) is 7.80. The number of H-pyrrole nitrogens is 1. The Labute approximate surface area is 140 Å². The average Bonchev–Trinajstić information content (AvgIpc) is 3.07. The van der Waals surface area contributed by atoms with Crippen LogP contribution in [0.3, 0.4) is 0 Å². The van der Waals surface area contributed by atoms with E-state index in [0.717, 1.165) is 5.56 Å². The number of nitrogens with one attached hydrogen (secondary N) is 2. The van der Waals surface area contributed by atoms with Crippen molar-refractivity contribution in [1.82, 2.24) is 15.3 Å². The van der Waals surface area contributed by atoms with Crippen LogP contribution >= 0.6 is 0 Å². The summed E-state index contributed by atoms with van der Waals surface area (Å²) in [7, 11) is 0. The van der Waals surface area contributed by atoms with E-state index in [2.05, 4.69) is 21.9 Å². The van der Waals surface area contributed by atoms with Crippen LogP contribution in [0.2, 0.25) is 0 Å². The van der Waals surface area contributed by atoms with Crippen molar-refractivity contribution in [3.05, 3.63) is 66.3 Å². The van der Waals surface area contributed by atoms with Gasteiger partial charge < -0.3 is 15.0 Å². The monoisotopic (exact) mass is 327 g/mol. The number of imidazole rings is 1. The van der Waals surface area contributed by atoms with Crippen LogP contribution in [-0.2, 0) is 16.1 Å². The SMILES string of the molecule is C=CCC(C(=O)NCc1[nH]cnc1C(=O)OCC)c1ccccc1. The van der Waals surface area contributed by atoms with Crippen molar-refractivity contribution in [2.75, 3.05) is 6.61 Å². The highest BCUT2D eigenvalue weighted by atomic mass is 16.5. The third-order valence-corrected chi connectivity index (χ3v) is 3.55. The Hall–Kier alpha value is -2.89. The van der Waals surface area contributed by atoms with Gasteiger partial charge in [-0.15, -0.1) is 6.58 Å². The fourth-order valence-corrected chi connectivity index (χ4v) is 2.38. The number of hydrogen-bond donors (Lipinski definition) is 2. The molecule has 1 atom stereocenters. The molecule has 0 saturated carbocycles. The highest BCUT2D eigenvalue weighted by molar-refractivity contribution is 5.89. The van der Waals surface area contributed by atoms with Gasteiger partial charge in [0.25, 0.3) is 0 Å². The molecule has 1 unspecified atom stereocenters. The Balaban J connectivity index is 2.05. The molecule has 0 fully saturated rings. The maximum Gasteiger partial charge on any atom is 0.358 e. The summed E-state index contributed by atoms with van der Waals surface area (Å²) < 4.78 is 4.94. The first kappa shape index (κ1) is 17.5. The van der Waals surface area contributed by atoms with Crippen LogP contribution in [0, 0.1) is 0 Å². The third kappa shape index (κ3) is 4.32. The van der Waals surface area contributed by atoms with Crippen molar-refractivity contribution in [3.63, 3.8) is 0 Å². The first-order valence-electron chi connectivity index (χ1n) is 7.80. The molecule has 126 valence electrons. The molecule has 1 amide bonds. The number of benzene rings is 1. The molecule has 1 aromatic carbocycles. The lowest BCUT2D eigenvalue weighted by Crippen LogP contribution is -2.29. The fourth-order valence-electron chi connectivity index (χ4n) is 2.38. The summed E-state index contributed by atoms with van der Waals surface area (Å²) in [5.74, 6) is -0.961. The van der Waals surface area contributed by atoms with Crippen molar-refractivity contribution in [2.24, 2.45) is 0 Å². The molecule has 6 nitrogen and oxygen atoms in total. The summed E-state index contributed by atoms with van der Waals surface area (Å²) in [6.45, 7) is 5.89. The molecule has 1 heterocycles. The minimum Gasteiger partial charge on any atom is -0.461 e. The summed E-state index contributed by atoms with van der Waals surface area (Å²) in [4.78, 5) is 31.1. The number of rotatable bonds is 8. The summed E-state index contributed by atoms with van der Waals surface area (Å²) in [5.41, 5.74) is 1.63. The molecule has 2 aromatic rings. The molecule has 1 aromatic heterocycles. The van der Waals surface area contributed by atoms with Crippen LogP contribution in [0.4, 0.5) is 0 Å². The number of carbonyl (C=O) groups is 2. The van der Waals surface area contributed by atoms with Gasteiger partial charge in [-0.3, -0.25) is 4.79 Å². The maximum absolute atomic E-state index is 12.5. The van der Waals surface area contributed by atoms with E-state index in [4.69, 9.17) is 4.74 Å². The number of esters is 1. The zero-order valence-electron chi connectivity index (χ0n) is 13.6. The summed E-state index contributed by atoms with van der Waals surface area (Å²) in [6, 6.07) is 9.52. The first-order chi connectivity index (χ1) is 11.7. The number of ether oxygens (including phenoxy) is 1.